The molecule has 1 aromatic rings. The van der Waals surface area contributed by atoms with Crippen molar-refractivity contribution in [1.29, 1.82) is 0 Å². The van der Waals surface area contributed by atoms with Crippen LogP contribution in [0.15, 0.2) is 29.2 Å². The van der Waals surface area contributed by atoms with Crippen LogP contribution in [0.5, 0.6) is 0 Å². The molecule has 0 amide bonds. The van der Waals surface area contributed by atoms with Crippen LogP contribution in [0.2, 0.25) is 0 Å². The van der Waals surface area contributed by atoms with E-state index in [1.54, 1.807) is 6.92 Å². The molecule has 0 saturated carbocycles. The zero-order valence-electron chi connectivity index (χ0n) is 11.4. The van der Waals surface area contributed by atoms with Gasteiger partial charge in [0, 0.05) is 18.2 Å². The summed E-state index contributed by atoms with van der Waals surface area (Å²) in [6.07, 6.45) is 0.623. The van der Waals surface area contributed by atoms with E-state index in [2.05, 4.69) is 4.72 Å². The first-order valence-electron chi connectivity index (χ1n) is 6.25. The van der Waals surface area contributed by atoms with Gasteiger partial charge in [0.1, 0.15) is 0 Å². The Kier molecular flexibility index (Phi) is 5.79. The van der Waals surface area contributed by atoms with E-state index in [9.17, 15) is 23.3 Å². The molecule has 9 heteroatoms. The number of benzene rings is 1. The molecule has 0 heterocycles. The van der Waals surface area contributed by atoms with Crippen LogP contribution < -0.4 is 4.72 Å². The minimum atomic E-state index is -4.00. The molecule has 1 unspecified atom stereocenters. The molecule has 1 atom stereocenters. The van der Waals surface area contributed by atoms with Crippen molar-refractivity contribution in [1.82, 2.24) is 4.72 Å². The highest BCUT2D eigenvalue weighted by Gasteiger charge is 2.23. The van der Waals surface area contributed by atoms with Crippen molar-refractivity contribution in [3.8, 4) is 0 Å². The minimum Gasteiger partial charge on any atom is -0.481 e. The van der Waals surface area contributed by atoms with Crippen molar-refractivity contribution in [2.24, 2.45) is 0 Å². The molecule has 0 aliphatic heterocycles. The highest BCUT2D eigenvalue weighted by atomic mass is 32.2. The van der Waals surface area contributed by atoms with Crippen LogP contribution in [0, 0.1) is 10.1 Å². The molecular formula is C12H16N2O6S. The van der Waals surface area contributed by atoms with Gasteiger partial charge in [0.05, 0.1) is 16.2 Å². The molecule has 1 rings (SSSR count). The monoisotopic (exact) mass is 316 g/mol. The molecule has 116 valence electrons. The second kappa shape index (κ2) is 7.14. The zero-order valence-corrected chi connectivity index (χ0v) is 12.2. The lowest BCUT2D eigenvalue weighted by Gasteiger charge is -2.16. The molecule has 0 saturated heterocycles. The van der Waals surface area contributed by atoms with E-state index in [1.807, 2.05) is 0 Å². The lowest BCUT2D eigenvalue weighted by Crippen LogP contribution is -2.36. The highest BCUT2D eigenvalue weighted by molar-refractivity contribution is 7.89. The third-order valence-electron chi connectivity index (χ3n) is 2.72. The Hall–Kier alpha value is -2.00. The minimum absolute atomic E-state index is 0.261. The fraction of sp³-hybridized carbons (Fsp3) is 0.417. The van der Waals surface area contributed by atoms with Gasteiger partial charge in [-0.1, -0.05) is 19.4 Å². The maximum Gasteiger partial charge on any atom is 0.304 e. The van der Waals surface area contributed by atoms with E-state index in [1.165, 1.54) is 18.2 Å². The predicted molar refractivity (Wildman–Crippen MR) is 74.4 cm³/mol. The number of non-ortho nitro benzene ring substituents is 1. The van der Waals surface area contributed by atoms with Gasteiger partial charge in [-0.25, -0.2) is 13.1 Å². The Morgan fingerprint density at radius 1 is 1.48 bits per heavy atom. The first kappa shape index (κ1) is 17.1. The number of sulfonamides is 1. The number of rotatable bonds is 8. The first-order valence-corrected chi connectivity index (χ1v) is 7.73. The molecule has 2 N–H and O–H groups in total. The summed E-state index contributed by atoms with van der Waals surface area (Å²) in [6.45, 7) is 1.80. The molecule has 0 aliphatic carbocycles. The molecule has 0 radical (unpaired) electrons. The number of nitro groups is 1. The van der Waals surface area contributed by atoms with Gasteiger partial charge in [0.15, 0.2) is 0 Å². The van der Waals surface area contributed by atoms with Gasteiger partial charge in [-0.2, -0.15) is 0 Å². The molecule has 0 fully saturated rings. The van der Waals surface area contributed by atoms with Gasteiger partial charge in [-0.3, -0.25) is 14.9 Å². The molecule has 1 aromatic carbocycles. The summed E-state index contributed by atoms with van der Waals surface area (Å²) in [5, 5.41) is 19.4. The molecule has 0 aromatic heterocycles. The summed E-state index contributed by atoms with van der Waals surface area (Å²) in [5.41, 5.74) is -0.344. The van der Waals surface area contributed by atoms with Crippen molar-refractivity contribution in [2.45, 2.75) is 37.1 Å². The highest BCUT2D eigenvalue weighted by Crippen LogP contribution is 2.18. The quantitative estimate of drug-likeness (QED) is 0.553. The van der Waals surface area contributed by atoms with Gasteiger partial charge < -0.3 is 5.11 Å². The molecule has 8 nitrogen and oxygen atoms in total. The largest absolute Gasteiger partial charge is 0.481 e. The Labute approximate surface area is 122 Å². The van der Waals surface area contributed by atoms with E-state index in [-0.39, 0.29) is 17.0 Å². The Bertz CT molecular complexity index is 628. The van der Waals surface area contributed by atoms with E-state index in [0.29, 0.717) is 12.8 Å². The molecule has 21 heavy (non-hydrogen) atoms. The van der Waals surface area contributed by atoms with Crippen LogP contribution in [-0.2, 0) is 14.8 Å². The second-order valence-corrected chi connectivity index (χ2v) is 6.17. The average Bonchev–Trinajstić information content (AvgIpc) is 2.38. The van der Waals surface area contributed by atoms with E-state index in [4.69, 9.17) is 5.11 Å². The number of carbonyl (C=O) groups is 1. The number of hydrogen-bond acceptors (Lipinski definition) is 5. The van der Waals surface area contributed by atoms with Crippen molar-refractivity contribution in [3.63, 3.8) is 0 Å². The van der Waals surface area contributed by atoms with E-state index >= 15 is 0 Å². The number of nitro benzene ring substituents is 1. The molecular weight excluding hydrogens is 300 g/mol. The fourth-order valence-corrected chi connectivity index (χ4v) is 3.12. The summed E-state index contributed by atoms with van der Waals surface area (Å²) < 4.78 is 26.6. The Morgan fingerprint density at radius 3 is 2.67 bits per heavy atom. The van der Waals surface area contributed by atoms with Crippen molar-refractivity contribution in [3.05, 3.63) is 34.4 Å². The van der Waals surface area contributed by atoms with Gasteiger partial charge in [0.25, 0.3) is 5.69 Å². The standard InChI is InChI=1S/C12H16N2O6S/c1-2-4-9(7-12(15)16)13-21(19,20)11-6-3-5-10(8-11)14(17)18/h3,5-6,8-9,13H,2,4,7H2,1H3,(H,15,16). The van der Waals surface area contributed by atoms with Crippen LogP contribution in [0.25, 0.3) is 0 Å². The number of carboxylic acid groups (broad SMARTS) is 1. The van der Waals surface area contributed by atoms with Gasteiger partial charge in [0.2, 0.25) is 10.0 Å². The van der Waals surface area contributed by atoms with Crippen LogP contribution in [-0.4, -0.2) is 30.5 Å². The average molecular weight is 316 g/mol. The fourth-order valence-electron chi connectivity index (χ4n) is 1.81. The number of carboxylic acids is 1. The number of nitrogens with zero attached hydrogens (tertiary/aromatic N) is 1. The van der Waals surface area contributed by atoms with Crippen LogP contribution in [0.4, 0.5) is 5.69 Å². The maximum absolute atomic E-state index is 12.1. The predicted octanol–water partition coefficient (Wildman–Crippen LogP) is 1.52. The Balaban J connectivity index is 3.01. The zero-order chi connectivity index (χ0) is 16.0. The SMILES string of the molecule is CCCC(CC(=O)O)NS(=O)(=O)c1cccc([N+](=O)[O-])c1. The molecule has 0 bridgehead atoms. The Morgan fingerprint density at radius 2 is 2.14 bits per heavy atom. The third-order valence-corrected chi connectivity index (χ3v) is 4.24. The smallest absolute Gasteiger partial charge is 0.304 e. The van der Waals surface area contributed by atoms with Crippen molar-refractivity contribution < 1.29 is 23.2 Å². The number of hydrogen-bond donors (Lipinski definition) is 2. The van der Waals surface area contributed by atoms with Crippen LogP contribution >= 0.6 is 0 Å². The summed E-state index contributed by atoms with van der Waals surface area (Å²) in [5.74, 6) is -1.12. The van der Waals surface area contributed by atoms with Gasteiger partial charge in [-0.05, 0) is 12.5 Å². The van der Waals surface area contributed by atoms with Crippen LogP contribution in [0.1, 0.15) is 26.2 Å². The summed E-state index contributed by atoms with van der Waals surface area (Å²) in [7, 11) is -4.00. The first-order chi connectivity index (χ1) is 9.76. The normalized spacial score (nSPS) is 12.8. The number of aliphatic carboxylic acids is 1. The summed E-state index contributed by atoms with van der Waals surface area (Å²) in [6, 6.07) is 3.85. The lowest BCUT2D eigenvalue weighted by atomic mass is 10.1. The summed E-state index contributed by atoms with van der Waals surface area (Å²) >= 11 is 0. The third kappa shape index (κ3) is 5.12. The number of nitrogens with one attached hydrogen (secondary N) is 1. The molecule has 0 spiro atoms. The van der Waals surface area contributed by atoms with Crippen LogP contribution in [0.3, 0.4) is 0 Å². The lowest BCUT2D eigenvalue weighted by molar-refractivity contribution is -0.385. The van der Waals surface area contributed by atoms with Gasteiger partial charge in [-0.15, -0.1) is 0 Å². The van der Waals surface area contributed by atoms with Gasteiger partial charge >= 0.3 is 5.97 Å². The van der Waals surface area contributed by atoms with Crippen molar-refractivity contribution >= 4 is 21.7 Å². The second-order valence-electron chi connectivity index (χ2n) is 4.46. The molecule has 0 aliphatic rings. The topological polar surface area (TPSA) is 127 Å². The summed E-state index contributed by atoms with van der Waals surface area (Å²) in [4.78, 5) is 20.4. The van der Waals surface area contributed by atoms with E-state index < -0.39 is 27.0 Å². The van der Waals surface area contributed by atoms with Crippen molar-refractivity contribution in [2.75, 3.05) is 0 Å². The maximum atomic E-state index is 12.1. The van der Waals surface area contributed by atoms with E-state index in [0.717, 1.165) is 6.07 Å².